The highest BCUT2D eigenvalue weighted by atomic mass is 35.5. The minimum atomic E-state index is -1.58. The molecule has 0 fully saturated rings. The summed E-state index contributed by atoms with van der Waals surface area (Å²) in [6.07, 6.45) is 3.00. The largest absolute Gasteiger partial charge is 0.441 e. The van der Waals surface area contributed by atoms with Crippen LogP contribution in [-0.4, -0.2) is 30.9 Å². The summed E-state index contributed by atoms with van der Waals surface area (Å²) in [5.74, 6) is -0.565. The van der Waals surface area contributed by atoms with Crippen molar-refractivity contribution in [2.24, 2.45) is 0 Å². The Morgan fingerprint density at radius 3 is 2.00 bits per heavy atom. The fourth-order valence-electron chi connectivity index (χ4n) is 2.66. The average molecular weight is 420 g/mol. The summed E-state index contributed by atoms with van der Waals surface area (Å²) in [7, 11) is 0. The minimum absolute atomic E-state index is 0.148. The van der Waals surface area contributed by atoms with Gasteiger partial charge in [-0.1, -0.05) is 11.6 Å². The second-order valence-electron chi connectivity index (χ2n) is 5.55. The van der Waals surface area contributed by atoms with E-state index in [1.54, 1.807) is 31.2 Å². The van der Waals surface area contributed by atoms with E-state index in [2.05, 4.69) is 50.2 Å². The minimum Gasteiger partial charge on any atom is -0.441 e. The molecule has 0 amide bonds. The lowest BCUT2D eigenvalue weighted by Crippen LogP contribution is -2.37. The molecule has 0 aliphatic carbocycles. The SMILES string of the molecule is CC(=O)OC(c1ccnc(S)n1)(c1ccnc(S)n1)c1ccc(C)nc1Cl. The fourth-order valence-corrected chi connectivity index (χ4v) is 3.34. The molecule has 0 atom stereocenters. The van der Waals surface area contributed by atoms with Crippen LogP contribution in [0.4, 0.5) is 0 Å². The summed E-state index contributed by atoms with van der Waals surface area (Å²) in [4.78, 5) is 33.1. The van der Waals surface area contributed by atoms with Crippen molar-refractivity contribution in [3.05, 3.63) is 64.5 Å². The average Bonchev–Trinajstić information content (AvgIpc) is 2.60. The molecule has 0 N–H and O–H groups in total. The molecule has 3 rings (SSSR count). The molecule has 0 aliphatic rings. The van der Waals surface area contributed by atoms with Crippen LogP contribution in [0, 0.1) is 6.92 Å². The van der Waals surface area contributed by atoms with Crippen molar-refractivity contribution in [1.82, 2.24) is 24.9 Å². The number of halogens is 1. The number of carbonyl (C=O) groups is 1. The van der Waals surface area contributed by atoms with Gasteiger partial charge < -0.3 is 4.74 Å². The van der Waals surface area contributed by atoms with Gasteiger partial charge in [-0.15, -0.1) is 25.3 Å². The molecule has 0 saturated heterocycles. The molecule has 138 valence electrons. The number of aryl methyl sites for hydroxylation is 1. The van der Waals surface area contributed by atoms with Gasteiger partial charge in [-0.05, 0) is 31.2 Å². The van der Waals surface area contributed by atoms with Gasteiger partial charge in [0.1, 0.15) is 5.15 Å². The Morgan fingerprint density at radius 1 is 1.00 bits per heavy atom. The van der Waals surface area contributed by atoms with E-state index in [0.717, 1.165) is 0 Å². The van der Waals surface area contributed by atoms with E-state index in [-0.39, 0.29) is 15.5 Å². The van der Waals surface area contributed by atoms with Crippen molar-refractivity contribution in [2.75, 3.05) is 0 Å². The fraction of sp³-hybridized carbons (Fsp3) is 0.176. The van der Waals surface area contributed by atoms with Gasteiger partial charge in [0.2, 0.25) is 5.60 Å². The maximum Gasteiger partial charge on any atom is 0.304 e. The number of esters is 1. The third-order valence-corrected chi connectivity index (χ3v) is 4.39. The van der Waals surface area contributed by atoms with Gasteiger partial charge in [-0.25, -0.2) is 24.9 Å². The number of pyridine rings is 1. The lowest BCUT2D eigenvalue weighted by Gasteiger charge is -2.33. The highest BCUT2D eigenvalue weighted by Gasteiger charge is 2.45. The van der Waals surface area contributed by atoms with Gasteiger partial charge in [0.15, 0.2) is 10.3 Å². The lowest BCUT2D eigenvalue weighted by atomic mass is 9.87. The second-order valence-corrected chi connectivity index (χ2v) is 6.71. The Morgan fingerprint density at radius 2 is 1.56 bits per heavy atom. The van der Waals surface area contributed by atoms with Crippen LogP contribution in [0.5, 0.6) is 0 Å². The molecule has 0 bridgehead atoms. The summed E-state index contributed by atoms with van der Waals surface area (Å²) in [6.45, 7) is 3.09. The third kappa shape index (κ3) is 3.90. The first kappa shape index (κ1) is 19.5. The number of carbonyl (C=O) groups excluding carboxylic acids is 1. The van der Waals surface area contributed by atoms with Crippen LogP contribution in [0.15, 0.2) is 47.0 Å². The molecule has 0 saturated carbocycles. The highest BCUT2D eigenvalue weighted by Crippen LogP contribution is 2.41. The van der Waals surface area contributed by atoms with Crippen molar-refractivity contribution in [3.8, 4) is 0 Å². The maximum atomic E-state index is 12.1. The third-order valence-electron chi connectivity index (χ3n) is 3.67. The molecule has 3 aromatic heterocycles. The monoisotopic (exact) mass is 419 g/mol. The van der Waals surface area contributed by atoms with Crippen LogP contribution >= 0.6 is 36.9 Å². The summed E-state index contributed by atoms with van der Waals surface area (Å²) in [5.41, 5.74) is 0.150. The number of ether oxygens (including phenoxy) is 1. The molecule has 3 heterocycles. The van der Waals surface area contributed by atoms with Gasteiger partial charge in [0.25, 0.3) is 0 Å². The molecule has 27 heavy (non-hydrogen) atoms. The number of hydrogen-bond donors (Lipinski definition) is 2. The van der Waals surface area contributed by atoms with Gasteiger partial charge >= 0.3 is 5.97 Å². The predicted octanol–water partition coefficient (Wildman–Crippen LogP) is 3.06. The molecule has 0 radical (unpaired) electrons. The van der Waals surface area contributed by atoms with E-state index in [1.807, 2.05) is 0 Å². The Hall–Kier alpha value is -2.23. The van der Waals surface area contributed by atoms with Crippen LogP contribution in [0.25, 0.3) is 0 Å². The zero-order valence-electron chi connectivity index (χ0n) is 14.3. The predicted molar refractivity (Wildman–Crippen MR) is 104 cm³/mol. The Bertz CT molecular complexity index is 973. The van der Waals surface area contributed by atoms with Crippen LogP contribution in [-0.2, 0) is 15.1 Å². The molecule has 7 nitrogen and oxygen atoms in total. The summed E-state index contributed by atoms with van der Waals surface area (Å²) in [5, 5.41) is 0.538. The van der Waals surface area contributed by atoms with E-state index in [9.17, 15) is 4.79 Å². The van der Waals surface area contributed by atoms with Crippen LogP contribution in [0.1, 0.15) is 29.6 Å². The first-order chi connectivity index (χ1) is 12.8. The van der Waals surface area contributed by atoms with Crippen LogP contribution < -0.4 is 0 Å². The number of hydrogen-bond acceptors (Lipinski definition) is 9. The first-order valence-corrected chi connectivity index (χ1v) is 8.98. The smallest absolute Gasteiger partial charge is 0.304 e. The van der Waals surface area contributed by atoms with Gasteiger partial charge in [-0.3, -0.25) is 4.79 Å². The van der Waals surface area contributed by atoms with Gasteiger partial charge in [0, 0.05) is 30.6 Å². The number of thiol groups is 2. The summed E-state index contributed by atoms with van der Waals surface area (Å²) in [6, 6.07) is 6.66. The number of aromatic nitrogens is 5. The second kappa shape index (κ2) is 7.79. The molecular formula is C17H14ClN5O2S2. The Kier molecular flexibility index (Phi) is 5.64. The molecule has 0 unspecified atom stereocenters. The van der Waals surface area contributed by atoms with E-state index in [4.69, 9.17) is 16.3 Å². The standard InChI is InChI=1S/C17H14ClN5O2S2/c1-9-3-4-11(14(18)21-9)17(25-10(2)24,12-5-7-19-15(26)22-12)13-6-8-20-16(27)23-13/h3-8H,1-2H3,(H,19,22,26)(H,20,23,27). The van der Waals surface area contributed by atoms with E-state index in [1.165, 1.54) is 19.3 Å². The maximum absolute atomic E-state index is 12.1. The quantitative estimate of drug-likeness (QED) is 0.290. The first-order valence-electron chi connectivity index (χ1n) is 7.71. The van der Waals surface area contributed by atoms with E-state index >= 15 is 0 Å². The molecule has 0 spiro atoms. The van der Waals surface area contributed by atoms with Crippen LogP contribution in [0.3, 0.4) is 0 Å². The van der Waals surface area contributed by atoms with Crippen LogP contribution in [0.2, 0.25) is 5.15 Å². The van der Waals surface area contributed by atoms with Crippen molar-refractivity contribution >= 4 is 42.8 Å². The normalized spacial score (nSPS) is 11.3. The number of rotatable bonds is 4. The van der Waals surface area contributed by atoms with Gasteiger partial charge in [-0.2, -0.15) is 0 Å². The van der Waals surface area contributed by atoms with Crippen molar-refractivity contribution < 1.29 is 9.53 Å². The molecule has 0 aliphatic heterocycles. The molecular weight excluding hydrogens is 406 g/mol. The Balaban J connectivity index is 2.43. The summed E-state index contributed by atoms with van der Waals surface area (Å²) < 4.78 is 5.82. The van der Waals surface area contributed by atoms with Gasteiger partial charge in [0.05, 0.1) is 11.4 Å². The zero-order valence-corrected chi connectivity index (χ0v) is 16.8. The van der Waals surface area contributed by atoms with E-state index < -0.39 is 11.6 Å². The number of nitrogens with zero attached hydrogens (tertiary/aromatic N) is 5. The van der Waals surface area contributed by atoms with Crippen molar-refractivity contribution in [2.45, 2.75) is 29.8 Å². The van der Waals surface area contributed by atoms with Crippen molar-refractivity contribution in [1.29, 1.82) is 0 Å². The molecule has 0 aromatic carbocycles. The lowest BCUT2D eigenvalue weighted by molar-refractivity contribution is -0.151. The topological polar surface area (TPSA) is 90.8 Å². The molecule has 10 heteroatoms. The zero-order chi connectivity index (χ0) is 19.6. The van der Waals surface area contributed by atoms with Crippen molar-refractivity contribution in [3.63, 3.8) is 0 Å². The molecule has 3 aromatic rings. The Labute approximate surface area is 171 Å². The highest BCUT2D eigenvalue weighted by molar-refractivity contribution is 7.80. The van der Waals surface area contributed by atoms with E-state index in [0.29, 0.717) is 22.6 Å². The summed E-state index contributed by atoms with van der Waals surface area (Å²) >= 11 is 14.9.